The van der Waals surface area contributed by atoms with Crippen LogP contribution in [0.5, 0.6) is 0 Å². The molecular formula is C11H7Cl2NO2. The van der Waals surface area contributed by atoms with Gasteiger partial charge >= 0.3 is 0 Å². The number of nitrogens with one attached hydrogen (secondary N) is 1. The Morgan fingerprint density at radius 1 is 1.19 bits per heavy atom. The third-order valence-electron chi connectivity index (χ3n) is 2.23. The molecular weight excluding hydrogens is 249 g/mol. The second-order valence-corrected chi connectivity index (χ2v) is 4.09. The molecule has 0 aliphatic carbocycles. The molecule has 1 heterocycles. The maximum atomic E-state index is 11.5. The summed E-state index contributed by atoms with van der Waals surface area (Å²) >= 11 is 11.8. The topological polar surface area (TPSA) is 46.2 Å². The first-order valence-corrected chi connectivity index (χ1v) is 5.37. The maximum absolute atomic E-state index is 11.5. The van der Waals surface area contributed by atoms with Crippen molar-refractivity contribution in [3.05, 3.63) is 41.5 Å². The number of carbonyl (C=O) groups is 2. The molecule has 82 valence electrons. The lowest BCUT2D eigenvalue weighted by Crippen LogP contribution is -2.21. The van der Waals surface area contributed by atoms with E-state index in [0.29, 0.717) is 5.56 Å². The van der Waals surface area contributed by atoms with E-state index in [4.69, 9.17) is 23.2 Å². The average Bonchev–Trinajstić information content (AvgIpc) is 2.54. The van der Waals surface area contributed by atoms with Crippen LogP contribution >= 0.6 is 23.2 Å². The molecule has 1 N–H and O–H groups in total. The minimum Gasteiger partial charge on any atom is -0.291 e. The molecule has 1 aliphatic heterocycles. The van der Waals surface area contributed by atoms with E-state index in [2.05, 4.69) is 5.32 Å². The van der Waals surface area contributed by atoms with Crippen LogP contribution in [0, 0.1) is 0 Å². The van der Waals surface area contributed by atoms with Crippen molar-refractivity contribution in [3.8, 4) is 0 Å². The molecule has 16 heavy (non-hydrogen) atoms. The molecule has 5 heteroatoms. The number of benzene rings is 1. The molecule has 0 aromatic heterocycles. The fourth-order valence-electron chi connectivity index (χ4n) is 1.44. The predicted octanol–water partition coefficient (Wildman–Crippen LogP) is 1.90. The maximum Gasteiger partial charge on any atom is 0.257 e. The van der Waals surface area contributed by atoms with Gasteiger partial charge in [0.25, 0.3) is 5.91 Å². The zero-order valence-electron chi connectivity index (χ0n) is 8.04. The summed E-state index contributed by atoms with van der Waals surface area (Å²) in [7, 11) is 0. The number of imide groups is 1. The van der Waals surface area contributed by atoms with E-state index < -0.39 is 17.2 Å². The van der Waals surface area contributed by atoms with Gasteiger partial charge in [0, 0.05) is 0 Å². The Labute approximate surface area is 102 Å². The Balaban J connectivity index is 2.50. The lowest BCUT2D eigenvalue weighted by molar-refractivity contribution is -0.124. The largest absolute Gasteiger partial charge is 0.291 e. The van der Waals surface area contributed by atoms with Crippen molar-refractivity contribution in [3.63, 3.8) is 0 Å². The number of hydrogen-bond acceptors (Lipinski definition) is 2. The van der Waals surface area contributed by atoms with Crippen LogP contribution in [0.15, 0.2) is 35.9 Å². The summed E-state index contributed by atoms with van der Waals surface area (Å²) in [5.41, 5.74) is 0.772. The minimum absolute atomic E-state index is 0.111. The van der Waals surface area contributed by atoms with Crippen molar-refractivity contribution in [2.45, 2.75) is 5.38 Å². The summed E-state index contributed by atoms with van der Waals surface area (Å²) in [6.07, 6.45) is 0. The Morgan fingerprint density at radius 3 is 2.31 bits per heavy atom. The van der Waals surface area contributed by atoms with Gasteiger partial charge in [0.05, 0.1) is 10.6 Å². The molecule has 0 bridgehead atoms. The predicted molar refractivity (Wildman–Crippen MR) is 62.0 cm³/mol. The normalized spacial score (nSPS) is 23.2. The molecule has 0 saturated carbocycles. The van der Waals surface area contributed by atoms with Crippen LogP contribution in [-0.2, 0) is 9.59 Å². The fourth-order valence-corrected chi connectivity index (χ4v) is 2.08. The highest BCUT2D eigenvalue weighted by atomic mass is 35.5. The SMILES string of the molecule is O=C1NC(=O)C(Cl)C1=C(Cl)c1ccccc1. The van der Waals surface area contributed by atoms with Gasteiger partial charge < -0.3 is 0 Å². The monoisotopic (exact) mass is 255 g/mol. The molecule has 1 atom stereocenters. The molecule has 1 aliphatic rings. The molecule has 1 aromatic rings. The van der Waals surface area contributed by atoms with Crippen LogP contribution in [0.4, 0.5) is 0 Å². The second-order valence-electron chi connectivity index (χ2n) is 3.27. The molecule has 2 amide bonds. The van der Waals surface area contributed by atoms with Crippen LogP contribution in [0.2, 0.25) is 0 Å². The zero-order valence-corrected chi connectivity index (χ0v) is 9.55. The standard InChI is InChI=1S/C11H7Cl2NO2/c12-8(6-4-2-1-3-5-6)7-9(13)11(16)14-10(7)15/h1-5,9H,(H,14,15,16). The van der Waals surface area contributed by atoms with Gasteiger partial charge in [-0.2, -0.15) is 0 Å². The molecule has 2 rings (SSSR count). The summed E-state index contributed by atoms with van der Waals surface area (Å²) in [5, 5.41) is 1.31. The third kappa shape index (κ3) is 1.84. The van der Waals surface area contributed by atoms with Gasteiger partial charge in [0.15, 0.2) is 0 Å². The quantitative estimate of drug-likeness (QED) is 0.474. The van der Waals surface area contributed by atoms with Gasteiger partial charge in [0.2, 0.25) is 5.91 Å². The smallest absolute Gasteiger partial charge is 0.257 e. The number of halogens is 2. The Hall–Kier alpha value is -1.32. The Morgan fingerprint density at radius 2 is 1.81 bits per heavy atom. The Kier molecular flexibility index (Phi) is 2.99. The Bertz CT molecular complexity index is 482. The van der Waals surface area contributed by atoms with E-state index in [0.717, 1.165) is 0 Å². The molecule has 3 nitrogen and oxygen atoms in total. The van der Waals surface area contributed by atoms with E-state index in [9.17, 15) is 9.59 Å². The first-order valence-electron chi connectivity index (χ1n) is 4.55. The molecule has 1 saturated heterocycles. The van der Waals surface area contributed by atoms with E-state index in [1.165, 1.54) is 0 Å². The van der Waals surface area contributed by atoms with Gasteiger partial charge in [-0.05, 0) is 5.56 Å². The summed E-state index contributed by atoms with van der Waals surface area (Å²) < 4.78 is 0. The highest BCUT2D eigenvalue weighted by Gasteiger charge is 2.37. The lowest BCUT2D eigenvalue weighted by atomic mass is 10.1. The van der Waals surface area contributed by atoms with Gasteiger partial charge in [0.1, 0.15) is 5.38 Å². The third-order valence-corrected chi connectivity index (χ3v) is 3.07. The fraction of sp³-hybridized carbons (Fsp3) is 0.0909. The van der Waals surface area contributed by atoms with Crippen molar-refractivity contribution >= 4 is 40.0 Å². The van der Waals surface area contributed by atoms with Crippen LogP contribution in [0.3, 0.4) is 0 Å². The molecule has 1 aromatic carbocycles. The van der Waals surface area contributed by atoms with E-state index in [1.807, 2.05) is 6.07 Å². The van der Waals surface area contributed by atoms with Crippen molar-refractivity contribution in [2.24, 2.45) is 0 Å². The summed E-state index contributed by atoms with van der Waals surface area (Å²) in [5.74, 6) is -1.06. The summed E-state index contributed by atoms with van der Waals surface area (Å²) in [6, 6.07) is 8.90. The highest BCUT2D eigenvalue weighted by molar-refractivity contribution is 6.54. The number of amides is 2. The van der Waals surface area contributed by atoms with Gasteiger partial charge in [-0.3, -0.25) is 14.9 Å². The van der Waals surface area contributed by atoms with Crippen molar-refractivity contribution < 1.29 is 9.59 Å². The number of rotatable bonds is 1. The molecule has 1 fully saturated rings. The van der Waals surface area contributed by atoms with Gasteiger partial charge in [-0.1, -0.05) is 41.9 Å². The van der Waals surface area contributed by atoms with Crippen LogP contribution < -0.4 is 5.32 Å². The first kappa shape index (κ1) is 11.2. The second kappa shape index (κ2) is 4.28. The van der Waals surface area contributed by atoms with Crippen LogP contribution in [-0.4, -0.2) is 17.2 Å². The van der Waals surface area contributed by atoms with Crippen LogP contribution in [0.25, 0.3) is 5.03 Å². The number of alkyl halides is 1. The summed E-state index contributed by atoms with van der Waals surface area (Å²) in [6.45, 7) is 0. The van der Waals surface area contributed by atoms with Crippen molar-refractivity contribution in [1.29, 1.82) is 0 Å². The molecule has 1 unspecified atom stereocenters. The molecule has 0 spiro atoms. The molecule has 0 radical (unpaired) electrons. The van der Waals surface area contributed by atoms with E-state index in [-0.39, 0.29) is 10.6 Å². The summed E-state index contributed by atoms with van der Waals surface area (Å²) in [4.78, 5) is 22.6. The van der Waals surface area contributed by atoms with Crippen molar-refractivity contribution in [1.82, 2.24) is 5.32 Å². The van der Waals surface area contributed by atoms with E-state index in [1.54, 1.807) is 24.3 Å². The average molecular weight is 256 g/mol. The van der Waals surface area contributed by atoms with Gasteiger partial charge in [-0.25, -0.2) is 0 Å². The zero-order chi connectivity index (χ0) is 11.7. The number of carbonyl (C=O) groups excluding carboxylic acids is 2. The first-order chi connectivity index (χ1) is 7.61. The highest BCUT2D eigenvalue weighted by Crippen LogP contribution is 2.29. The van der Waals surface area contributed by atoms with Crippen molar-refractivity contribution in [2.75, 3.05) is 0 Å². The number of hydrogen-bond donors (Lipinski definition) is 1. The van der Waals surface area contributed by atoms with Crippen LogP contribution in [0.1, 0.15) is 5.56 Å². The lowest BCUT2D eigenvalue weighted by Gasteiger charge is -2.03. The van der Waals surface area contributed by atoms with Gasteiger partial charge in [-0.15, -0.1) is 11.6 Å². The minimum atomic E-state index is -1.01. The van der Waals surface area contributed by atoms with E-state index >= 15 is 0 Å².